The van der Waals surface area contributed by atoms with E-state index < -0.39 is 0 Å². The van der Waals surface area contributed by atoms with Crippen LogP contribution in [0.15, 0.2) is 30.3 Å². The van der Waals surface area contributed by atoms with E-state index in [0.29, 0.717) is 18.8 Å². The van der Waals surface area contributed by atoms with Crippen LogP contribution in [0.25, 0.3) is 10.9 Å². The minimum Gasteiger partial charge on any atom is -0.351 e. The number of imide groups is 1. The number of aromatic nitrogens is 1. The van der Waals surface area contributed by atoms with E-state index in [1.165, 1.54) is 4.90 Å². The second-order valence-electron chi connectivity index (χ2n) is 5.56. The largest absolute Gasteiger partial charge is 0.351 e. The first-order valence-corrected chi connectivity index (χ1v) is 7.10. The summed E-state index contributed by atoms with van der Waals surface area (Å²) in [5, 5.41) is 3.47. The number of H-pyrrole nitrogens is 1. The molecule has 4 rings (SSSR count). The summed E-state index contributed by atoms with van der Waals surface area (Å²) in [4.78, 5) is 41.5. The Balaban J connectivity index is 1.47. The second-order valence-corrected chi connectivity index (χ2v) is 5.56. The molecule has 2 aromatic rings. The van der Waals surface area contributed by atoms with Crippen molar-refractivity contribution < 1.29 is 14.4 Å². The molecular formula is C15H14N4O3. The standard InChI is InChI=1S/C15H14N4O3/c20-13-6-16-15(22)19(13)10-7-18(8-10)14(21)12-5-9-3-1-2-4-11(9)17-12/h1-5,10,17H,6-8H2,(H,16,22). The molecule has 1 aromatic carbocycles. The lowest BCUT2D eigenvalue weighted by atomic mass is 10.1. The molecular weight excluding hydrogens is 284 g/mol. The van der Waals surface area contributed by atoms with Crippen LogP contribution in [0.3, 0.4) is 0 Å². The van der Waals surface area contributed by atoms with Crippen LogP contribution >= 0.6 is 0 Å². The zero-order chi connectivity index (χ0) is 15.3. The molecule has 2 N–H and O–H groups in total. The Morgan fingerprint density at radius 2 is 1.95 bits per heavy atom. The van der Waals surface area contributed by atoms with Gasteiger partial charge in [-0.1, -0.05) is 18.2 Å². The monoisotopic (exact) mass is 298 g/mol. The summed E-state index contributed by atoms with van der Waals surface area (Å²) in [5.41, 5.74) is 1.44. The smallest absolute Gasteiger partial charge is 0.324 e. The van der Waals surface area contributed by atoms with Gasteiger partial charge in [-0.3, -0.25) is 14.5 Å². The van der Waals surface area contributed by atoms with Crippen molar-refractivity contribution in [1.82, 2.24) is 20.1 Å². The summed E-state index contributed by atoms with van der Waals surface area (Å²) < 4.78 is 0. The number of likely N-dealkylation sites (tertiary alicyclic amines) is 1. The summed E-state index contributed by atoms with van der Waals surface area (Å²) in [6.07, 6.45) is 0. The summed E-state index contributed by atoms with van der Waals surface area (Å²) in [7, 11) is 0. The van der Waals surface area contributed by atoms with E-state index in [9.17, 15) is 14.4 Å². The fourth-order valence-corrected chi connectivity index (χ4v) is 2.95. The summed E-state index contributed by atoms with van der Waals surface area (Å²) in [6, 6.07) is 8.91. The third kappa shape index (κ3) is 1.86. The van der Waals surface area contributed by atoms with Crippen LogP contribution in [-0.4, -0.2) is 58.3 Å². The maximum absolute atomic E-state index is 12.4. The normalized spacial score (nSPS) is 18.7. The molecule has 7 heteroatoms. The van der Waals surface area contributed by atoms with Crippen molar-refractivity contribution >= 4 is 28.7 Å². The molecule has 0 bridgehead atoms. The number of nitrogens with one attached hydrogen (secondary N) is 2. The minimum absolute atomic E-state index is 0.0469. The van der Waals surface area contributed by atoms with Crippen LogP contribution in [0.2, 0.25) is 0 Å². The van der Waals surface area contributed by atoms with E-state index in [0.717, 1.165) is 10.9 Å². The number of carbonyl (C=O) groups is 3. The van der Waals surface area contributed by atoms with Gasteiger partial charge in [0.05, 0.1) is 12.6 Å². The number of rotatable bonds is 2. The number of aromatic amines is 1. The third-order valence-corrected chi connectivity index (χ3v) is 4.15. The first-order chi connectivity index (χ1) is 10.6. The number of urea groups is 1. The molecule has 0 aliphatic carbocycles. The number of hydrogen-bond donors (Lipinski definition) is 2. The van der Waals surface area contributed by atoms with Crippen LogP contribution in [-0.2, 0) is 4.79 Å². The van der Waals surface area contributed by atoms with Crippen molar-refractivity contribution in [3.63, 3.8) is 0 Å². The predicted octanol–water partition coefficient (Wildman–Crippen LogP) is 0.544. The minimum atomic E-state index is -0.368. The third-order valence-electron chi connectivity index (χ3n) is 4.15. The Hall–Kier alpha value is -2.83. The molecule has 0 spiro atoms. The van der Waals surface area contributed by atoms with E-state index in [-0.39, 0.29) is 30.4 Å². The van der Waals surface area contributed by atoms with Gasteiger partial charge in [0.1, 0.15) is 5.69 Å². The van der Waals surface area contributed by atoms with Gasteiger partial charge in [0.15, 0.2) is 0 Å². The molecule has 22 heavy (non-hydrogen) atoms. The fraction of sp³-hybridized carbons (Fsp3) is 0.267. The maximum atomic E-state index is 12.4. The second kappa shape index (κ2) is 4.59. The Labute approximate surface area is 125 Å². The number of hydrogen-bond acceptors (Lipinski definition) is 3. The highest BCUT2D eigenvalue weighted by Crippen LogP contribution is 2.22. The van der Waals surface area contributed by atoms with E-state index in [4.69, 9.17) is 0 Å². The molecule has 2 aliphatic rings. The molecule has 0 radical (unpaired) electrons. The van der Waals surface area contributed by atoms with Gasteiger partial charge >= 0.3 is 6.03 Å². The van der Waals surface area contributed by atoms with Gasteiger partial charge in [-0.25, -0.2) is 4.79 Å². The lowest BCUT2D eigenvalue weighted by Gasteiger charge is -2.42. The number of carbonyl (C=O) groups excluding carboxylic acids is 3. The van der Waals surface area contributed by atoms with E-state index >= 15 is 0 Å². The van der Waals surface area contributed by atoms with E-state index in [1.807, 2.05) is 30.3 Å². The predicted molar refractivity (Wildman–Crippen MR) is 78.2 cm³/mol. The average Bonchev–Trinajstić information content (AvgIpc) is 3.03. The zero-order valence-electron chi connectivity index (χ0n) is 11.7. The van der Waals surface area contributed by atoms with Crippen molar-refractivity contribution in [2.45, 2.75) is 6.04 Å². The lowest BCUT2D eigenvalue weighted by molar-refractivity contribution is -0.128. The van der Waals surface area contributed by atoms with Gasteiger partial charge in [-0.05, 0) is 12.1 Å². The summed E-state index contributed by atoms with van der Waals surface area (Å²) in [6.45, 7) is 0.812. The molecule has 112 valence electrons. The SMILES string of the molecule is O=C(c1cc2ccccc2[nH]1)N1CC(N2C(=O)CNC2=O)C1. The van der Waals surface area contributed by atoms with Gasteiger partial charge in [0, 0.05) is 24.0 Å². The first-order valence-electron chi connectivity index (χ1n) is 7.10. The quantitative estimate of drug-likeness (QED) is 0.794. The highest BCUT2D eigenvalue weighted by Gasteiger charge is 2.43. The maximum Gasteiger partial charge on any atom is 0.324 e. The van der Waals surface area contributed by atoms with Crippen molar-refractivity contribution in [1.29, 1.82) is 0 Å². The molecule has 0 atom stereocenters. The zero-order valence-corrected chi connectivity index (χ0v) is 11.7. The van der Waals surface area contributed by atoms with Crippen LogP contribution in [0.5, 0.6) is 0 Å². The summed E-state index contributed by atoms with van der Waals surface area (Å²) in [5.74, 6) is -0.341. The molecule has 2 aliphatic heterocycles. The van der Waals surface area contributed by atoms with Gasteiger partial charge in [0.2, 0.25) is 5.91 Å². The molecule has 0 unspecified atom stereocenters. The van der Waals surface area contributed by atoms with Gasteiger partial charge < -0.3 is 15.2 Å². The summed E-state index contributed by atoms with van der Waals surface area (Å²) >= 11 is 0. The van der Waals surface area contributed by atoms with Crippen LogP contribution < -0.4 is 5.32 Å². The average molecular weight is 298 g/mol. The molecule has 1 aromatic heterocycles. The van der Waals surface area contributed by atoms with Crippen LogP contribution in [0.4, 0.5) is 4.79 Å². The van der Waals surface area contributed by atoms with Crippen molar-refractivity contribution in [2.75, 3.05) is 19.6 Å². The van der Waals surface area contributed by atoms with Crippen molar-refractivity contribution in [3.05, 3.63) is 36.0 Å². The van der Waals surface area contributed by atoms with Crippen LogP contribution in [0.1, 0.15) is 10.5 Å². The molecule has 2 fully saturated rings. The molecule has 7 nitrogen and oxygen atoms in total. The highest BCUT2D eigenvalue weighted by atomic mass is 16.2. The topological polar surface area (TPSA) is 85.5 Å². The lowest BCUT2D eigenvalue weighted by Crippen LogP contribution is -2.62. The number of amides is 4. The Morgan fingerprint density at radius 3 is 2.64 bits per heavy atom. The fourth-order valence-electron chi connectivity index (χ4n) is 2.95. The van der Waals surface area contributed by atoms with Gasteiger partial charge in [0.25, 0.3) is 5.91 Å². The molecule has 2 saturated heterocycles. The molecule has 4 amide bonds. The van der Waals surface area contributed by atoms with Crippen molar-refractivity contribution in [2.24, 2.45) is 0 Å². The number of fused-ring (bicyclic) bond motifs is 1. The molecule has 3 heterocycles. The Bertz CT molecular complexity index is 742. The molecule has 0 saturated carbocycles. The Morgan fingerprint density at radius 1 is 1.18 bits per heavy atom. The van der Waals surface area contributed by atoms with Crippen LogP contribution in [0, 0.1) is 0 Å². The number of para-hydroxylation sites is 1. The number of nitrogens with zero attached hydrogens (tertiary/aromatic N) is 2. The van der Waals surface area contributed by atoms with Gasteiger partial charge in [-0.15, -0.1) is 0 Å². The first kappa shape index (κ1) is 12.9. The highest BCUT2D eigenvalue weighted by molar-refractivity contribution is 6.03. The number of benzene rings is 1. The Kier molecular flexibility index (Phi) is 2.69. The van der Waals surface area contributed by atoms with Gasteiger partial charge in [-0.2, -0.15) is 0 Å². The van der Waals surface area contributed by atoms with Crippen molar-refractivity contribution in [3.8, 4) is 0 Å². The van der Waals surface area contributed by atoms with E-state index in [1.54, 1.807) is 4.90 Å². The van der Waals surface area contributed by atoms with E-state index in [2.05, 4.69) is 10.3 Å².